The van der Waals surface area contributed by atoms with E-state index in [4.69, 9.17) is 4.74 Å². The van der Waals surface area contributed by atoms with Crippen LogP contribution in [0.2, 0.25) is 0 Å². The van der Waals surface area contributed by atoms with Crippen molar-refractivity contribution >= 4 is 5.97 Å². The van der Waals surface area contributed by atoms with Crippen molar-refractivity contribution in [2.45, 2.75) is 45.4 Å². The van der Waals surface area contributed by atoms with E-state index >= 15 is 0 Å². The van der Waals surface area contributed by atoms with Crippen LogP contribution in [0.15, 0.2) is 0 Å². The molecule has 0 spiro atoms. The summed E-state index contributed by atoms with van der Waals surface area (Å²) < 4.78 is 5.13. The van der Waals surface area contributed by atoms with Gasteiger partial charge in [0.2, 0.25) is 0 Å². The first-order valence-corrected chi connectivity index (χ1v) is 7.18. The summed E-state index contributed by atoms with van der Waals surface area (Å²) in [6.45, 7) is 5.70. The number of ether oxygens (including phenoxy) is 1. The Morgan fingerprint density at radius 1 is 1.24 bits per heavy atom. The monoisotopic (exact) mass is 239 g/mol. The predicted molar refractivity (Wildman–Crippen MR) is 67.8 cm³/mol. The summed E-state index contributed by atoms with van der Waals surface area (Å²) in [5, 5.41) is 0. The van der Waals surface area contributed by atoms with Crippen LogP contribution in [0.25, 0.3) is 0 Å². The third-order valence-electron chi connectivity index (χ3n) is 4.12. The molecule has 1 heterocycles. The quantitative estimate of drug-likeness (QED) is 0.706. The van der Waals surface area contributed by atoms with E-state index in [1.54, 1.807) is 0 Å². The van der Waals surface area contributed by atoms with Crippen LogP contribution in [0.3, 0.4) is 0 Å². The van der Waals surface area contributed by atoms with E-state index in [0.717, 1.165) is 25.3 Å². The van der Waals surface area contributed by atoms with Gasteiger partial charge in [-0.3, -0.25) is 4.79 Å². The van der Waals surface area contributed by atoms with Crippen LogP contribution in [0.4, 0.5) is 0 Å². The molecule has 0 bridgehead atoms. The maximum atomic E-state index is 11.7. The van der Waals surface area contributed by atoms with Crippen LogP contribution in [0.1, 0.15) is 45.4 Å². The van der Waals surface area contributed by atoms with E-state index in [1.807, 2.05) is 6.92 Å². The molecule has 3 nitrogen and oxygen atoms in total. The standard InChI is InChI=1S/C14H25NO2/c1-2-17-14(16)13-8-5-9-15(11-13)10-12-6-3-4-7-12/h12-13H,2-11H2,1H3/t13-/m0/s1. The molecule has 1 saturated heterocycles. The van der Waals surface area contributed by atoms with E-state index in [2.05, 4.69) is 4.90 Å². The number of nitrogens with zero attached hydrogens (tertiary/aromatic N) is 1. The minimum atomic E-state index is 0.0172. The van der Waals surface area contributed by atoms with Crippen molar-refractivity contribution in [1.29, 1.82) is 0 Å². The molecule has 0 aromatic carbocycles. The molecule has 1 saturated carbocycles. The molecule has 2 fully saturated rings. The van der Waals surface area contributed by atoms with E-state index in [-0.39, 0.29) is 11.9 Å². The molecule has 1 atom stereocenters. The average molecular weight is 239 g/mol. The fraction of sp³-hybridized carbons (Fsp3) is 0.929. The lowest BCUT2D eigenvalue weighted by Crippen LogP contribution is -2.41. The summed E-state index contributed by atoms with van der Waals surface area (Å²) in [4.78, 5) is 14.2. The third kappa shape index (κ3) is 3.70. The summed E-state index contributed by atoms with van der Waals surface area (Å²) >= 11 is 0. The number of carbonyl (C=O) groups is 1. The first kappa shape index (κ1) is 12.9. The van der Waals surface area contributed by atoms with Crippen LogP contribution in [0.5, 0.6) is 0 Å². The van der Waals surface area contributed by atoms with Crippen molar-refractivity contribution in [1.82, 2.24) is 4.90 Å². The zero-order valence-electron chi connectivity index (χ0n) is 11.0. The van der Waals surface area contributed by atoms with E-state index in [9.17, 15) is 4.79 Å². The molecule has 17 heavy (non-hydrogen) atoms. The van der Waals surface area contributed by atoms with Gasteiger partial charge in [-0.1, -0.05) is 12.8 Å². The van der Waals surface area contributed by atoms with Crippen molar-refractivity contribution in [3.63, 3.8) is 0 Å². The first-order valence-electron chi connectivity index (χ1n) is 7.18. The maximum absolute atomic E-state index is 11.7. The Labute approximate surface area is 105 Å². The summed E-state index contributed by atoms with van der Waals surface area (Å²) in [6, 6.07) is 0. The Morgan fingerprint density at radius 2 is 2.00 bits per heavy atom. The van der Waals surface area contributed by atoms with Crippen LogP contribution < -0.4 is 0 Å². The topological polar surface area (TPSA) is 29.5 Å². The summed E-state index contributed by atoms with van der Waals surface area (Å²) in [5.74, 6) is 1.03. The van der Waals surface area contributed by atoms with E-state index in [0.29, 0.717) is 6.61 Å². The Morgan fingerprint density at radius 3 is 2.71 bits per heavy atom. The van der Waals surface area contributed by atoms with Gasteiger partial charge in [-0.25, -0.2) is 0 Å². The molecule has 3 heteroatoms. The van der Waals surface area contributed by atoms with Gasteiger partial charge in [-0.15, -0.1) is 0 Å². The fourth-order valence-electron chi connectivity index (χ4n) is 3.23. The van der Waals surface area contributed by atoms with Crippen molar-refractivity contribution in [3.8, 4) is 0 Å². The highest BCUT2D eigenvalue weighted by molar-refractivity contribution is 5.72. The van der Waals surface area contributed by atoms with Gasteiger partial charge in [0.25, 0.3) is 0 Å². The maximum Gasteiger partial charge on any atom is 0.310 e. The number of rotatable bonds is 4. The van der Waals surface area contributed by atoms with Gasteiger partial charge in [0.05, 0.1) is 12.5 Å². The highest BCUT2D eigenvalue weighted by atomic mass is 16.5. The Balaban J connectivity index is 1.77. The van der Waals surface area contributed by atoms with Gasteiger partial charge < -0.3 is 9.64 Å². The number of likely N-dealkylation sites (tertiary alicyclic amines) is 1. The molecule has 0 amide bonds. The molecule has 0 unspecified atom stereocenters. The Bertz CT molecular complexity index is 249. The van der Waals surface area contributed by atoms with Crippen molar-refractivity contribution in [2.24, 2.45) is 11.8 Å². The second kappa shape index (κ2) is 6.39. The normalized spacial score (nSPS) is 27.2. The molecule has 0 aromatic heterocycles. The van der Waals surface area contributed by atoms with Crippen molar-refractivity contribution < 1.29 is 9.53 Å². The number of hydrogen-bond acceptors (Lipinski definition) is 3. The minimum absolute atomic E-state index is 0.0172. The number of hydrogen-bond donors (Lipinski definition) is 0. The first-order chi connectivity index (χ1) is 8.29. The van der Waals surface area contributed by atoms with Gasteiger partial charge in [0.15, 0.2) is 0 Å². The van der Waals surface area contributed by atoms with Crippen molar-refractivity contribution in [2.75, 3.05) is 26.2 Å². The summed E-state index contributed by atoms with van der Waals surface area (Å²) in [5.41, 5.74) is 0. The molecule has 2 rings (SSSR count). The lowest BCUT2D eigenvalue weighted by Gasteiger charge is -2.33. The summed E-state index contributed by atoms with van der Waals surface area (Å²) in [7, 11) is 0. The number of carbonyl (C=O) groups excluding carboxylic acids is 1. The second-order valence-corrected chi connectivity index (χ2v) is 5.50. The average Bonchev–Trinajstić information content (AvgIpc) is 2.82. The fourth-order valence-corrected chi connectivity index (χ4v) is 3.23. The SMILES string of the molecule is CCOC(=O)[C@H]1CCCN(CC2CCCC2)C1. The highest BCUT2D eigenvalue weighted by Crippen LogP contribution is 2.27. The third-order valence-corrected chi connectivity index (χ3v) is 4.12. The molecule has 1 aliphatic carbocycles. The molecule has 2 aliphatic rings. The lowest BCUT2D eigenvalue weighted by atomic mass is 9.96. The van der Waals surface area contributed by atoms with Crippen LogP contribution in [0, 0.1) is 11.8 Å². The number of esters is 1. The molecular weight excluding hydrogens is 214 g/mol. The van der Waals surface area contributed by atoms with E-state index < -0.39 is 0 Å². The molecule has 0 aromatic rings. The predicted octanol–water partition coefficient (Wildman–Crippen LogP) is 2.45. The lowest BCUT2D eigenvalue weighted by molar-refractivity contribution is -0.150. The second-order valence-electron chi connectivity index (χ2n) is 5.50. The minimum Gasteiger partial charge on any atom is -0.466 e. The Kier molecular flexibility index (Phi) is 4.84. The van der Waals surface area contributed by atoms with Crippen molar-refractivity contribution in [3.05, 3.63) is 0 Å². The van der Waals surface area contributed by atoms with E-state index in [1.165, 1.54) is 38.8 Å². The van der Waals surface area contributed by atoms with Crippen LogP contribution >= 0.6 is 0 Å². The molecule has 1 aliphatic heterocycles. The zero-order valence-corrected chi connectivity index (χ0v) is 11.0. The van der Waals surface area contributed by atoms with Crippen LogP contribution in [-0.2, 0) is 9.53 Å². The molecule has 98 valence electrons. The number of piperidine rings is 1. The van der Waals surface area contributed by atoms with Gasteiger partial charge in [0.1, 0.15) is 0 Å². The zero-order chi connectivity index (χ0) is 12.1. The van der Waals surface area contributed by atoms with Gasteiger partial charge in [-0.05, 0) is 45.1 Å². The van der Waals surface area contributed by atoms with Gasteiger partial charge >= 0.3 is 5.97 Å². The molecule has 0 N–H and O–H groups in total. The largest absolute Gasteiger partial charge is 0.466 e. The Hall–Kier alpha value is -0.570. The van der Waals surface area contributed by atoms with Gasteiger partial charge in [-0.2, -0.15) is 0 Å². The van der Waals surface area contributed by atoms with Gasteiger partial charge in [0, 0.05) is 13.1 Å². The van der Waals surface area contributed by atoms with Crippen LogP contribution in [-0.4, -0.2) is 37.1 Å². The summed E-state index contributed by atoms with van der Waals surface area (Å²) in [6.07, 6.45) is 7.75. The highest BCUT2D eigenvalue weighted by Gasteiger charge is 2.28. The smallest absolute Gasteiger partial charge is 0.310 e. The molecular formula is C14H25NO2. The molecule has 0 radical (unpaired) electrons.